The third-order valence-electron chi connectivity index (χ3n) is 3.85. The second kappa shape index (κ2) is 11.5. The molecule has 0 aromatic heterocycles. The summed E-state index contributed by atoms with van der Waals surface area (Å²) in [6, 6.07) is 0. The molecule has 0 aliphatic rings. The van der Waals surface area contributed by atoms with Crippen molar-refractivity contribution in [3.05, 3.63) is 0 Å². The minimum atomic E-state index is 1.01. The van der Waals surface area contributed by atoms with Crippen molar-refractivity contribution in [3.63, 3.8) is 0 Å². The molecule has 0 heterocycles. The van der Waals surface area contributed by atoms with Gasteiger partial charge in [-0.1, -0.05) is 85.5 Å². The van der Waals surface area contributed by atoms with Gasteiger partial charge in [0.25, 0.3) is 0 Å². The molecule has 0 rings (SSSR count). The third kappa shape index (κ3) is 8.19. The smallest absolute Gasteiger partial charge is 0.0412 e. The molecule has 0 radical (unpaired) electrons. The lowest BCUT2D eigenvalue weighted by atomic mass is 9.84. The van der Waals surface area contributed by atoms with Gasteiger partial charge in [0.2, 0.25) is 0 Å². The Hall–Kier alpha value is 0. The van der Waals surface area contributed by atoms with E-state index in [9.17, 15) is 0 Å². The Labute approximate surface area is 104 Å². The van der Waals surface area contributed by atoms with Crippen LogP contribution in [0.1, 0.15) is 91.9 Å². The lowest BCUT2D eigenvalue weighted by molar-refractivity contribution is 0.305. The molecule has 1 atom stereocenters. The summed E-state index contributed by atoms with van der Waals surface area (Å²) in [6.45, 7) is 9.35. The Balaban J connectivity index is 3.84. The Bertz CT molecular complexity index is 122. The van der Waals surface area contributed by atoms with Crippen molar-refractivity contribution >= 4 is 0 Å². The van der Waals surface area contributed by atoms with Gasteiger partial charge in [-0.15, -0.1) is 0 Å². The number of hydrogen-bond donors (Lipinski definition) is 0. The molecular formula is C16H34. The summed E-state index contributed by atoms with van der Waals surface area (Å²) in [5, 5.41) is 0. The van der Waals surface area contributed by atoms with Crippen LogP contribution in [0.5, 0.6) is 0 Å². The lowest BCUT2D eigenvalue weighted by Crippen LogP contribution is -2.08. The van der Waals surface area contributed by atoms with Crippen molar-refractivity contribution in [2.24, 2.45) is 11.8 Å². The minimum absolute atomic E-state index is 1.01. The molecule has 0 bridgehead atoms. The van der Waals surface area contributed by atoms with Crippen LogP contribution in [0.2, 0.25) is 0 Å². The predicted octanol–water partition coefficient (Wildman–Crippen LogP) is 6.20. The molecule has 16 heavy (non-hydrogen) atoms. The zero-order valence-electron chi connectivity index (χ0n) is 12.2. The molecule has 0 saturated carbocycles. The van der Waals surface area contributed by atoms with E-state index in [2.05, 4.69) is 27.7 Å². The Kier molecular flexibility index (Phi) is 11.5. The Morgan fingerprint density at radius 2 is 1.25 bits per heavy atom. The average Bonchev–Trinajstić information content (AvgIpc) is 2.28. The highest BCUT2D eigenvalue weighted by molar-refractivity contribution is 4.66. The van der Waals surface area contributed by atoms with Gasteiger partial charge in [0, 0.05) is 0 Å². The summed E-state index contributed by atoms with van der Waals surface area (Å²) in [4.78, 5) is 0. The van der Waals surface area contributed by atoms with E-state index in [4.69, 9.17) is 0 Å². The Morgan fingerprint density at radius 1 is 0.625 bits per heavy atom. The fourth-order valence-electron chi connectivity index (χ4n) is 2.84. The maximum atomic E-state index is 2.38. The Morgan fingerprint density at radius 3 is 1.69 bits per heavy atom. The van der Waals surface area contributed by atoms with Gasteiger partial charge in [0.1, 0.15) is 0 Å². The summed E-state index contributed by atoms with van der Waals surface area (Å²) in [6.07, 6.45) is 14.3. The fourth-order valence-corrected chi connectivity index (χ4v) is 2.84. The van der Waals surface area contributed by atoms with E-state index >= 15 is 0 Å². The SMILES string of the molecule is CCCCCC(CC)CC(CCC)CCC. The van der Waals surface area contributed by atoms with Crippen molar-refractivity contribution in [3.8, 4) is 0 Å². The summed E-state index contributed by atoms with van der Waals surface area (Å²) in [5.74, 6) is 2.02. The summed E-state index contributed by atoms with van der Waals surface area (Å²) >= 11 is 0. The molecule has 0 N–H and O–H groups in total. The lowest BCUT2D eigenvalue weighted by Gasteiger charge is -2.22. The van der Waals surface area contributed by atoms with Crippen LogP contribution in [-0.2, 0) is 0 Å². The fraction of sp³-hybridized carbons (Fsp3) is 1.00. The van der Waals surface area contributed by atoms with Crippen molar-refractivity contribution in [2.75, 3.05) is 0 Å². The van der Waals surface area contributed by atoms with Crippen LogP contribution in [0.25, 0.3) is 0 Å². The largest absolute Gasteiger partial charge is 0.0654 e. The standard InChI is InChI=1S/C16H34/c1-5-9-10-13-15(8-4)14-16(11-6-2)12-7-3/h15-16H,5-14H2,1-4H3. The zero-order valence-corrected chi connectivity index (χ0v) is 12.2. The van der Waals surface area contributed by atoms with E-state index in [-0.39, 0.29) is 0 Å². The normalized spacial score (nSPS) is 13.3. The van der Waals surface area contributed by atoms with Crippen LogP contribution in [-0.4, -0.2) is 0 Å². The second-order valence-corrected chi connectivity index (χ2v) is 5.45. The molecule has 0 spiro atoms. The van der Waals surface area contributed by atoms with Gasteiger partial charge in [-0.05, 0) is 18.3 Å². The van der Waals surface area contributed by atoms with E-state index in [0.717, 1.165) is 11.8 Å². The van der Waals surface area contributed by atoms with Gasteiger partial charge in [-0.25, -0.2) is 0 Å². The minimum Gasteiger partial charge on any atom is -0.0654 e. The molecule has 0 amide bonds. The molecule has 1 unspecified atom stereocenters. The summed E-state index contributed by atoms with van der Waals surface area (Å²) < 4.78 is 0. The second-order valence-electron chi connectivity index (χ2n) is 5.45. The van der Waals surface area contributed by atoms with Crippen LogP contribution in [0.3, 0.4) is 0 Å². The van der Waals surface area contributed by atoms with Crippen LogP contribution in [0.4, 0.5) is 0 Å². The van der Waals surface area contributed by atoms with Crippen LogP contribution >= 0.6 is 0 Å². The molecule has 0 heteroatoms. The van der Waals surface area contributed by atoms with Crippen molar-refractivity contribution in [1.29, 1.82) is 0 Å². The third-order valence-corrected chi connectivity index (χ3v) is 3.85. The topological polar surface area (TPSA) is 0 Å². The highest BCUT2D eigenvalue weighted by Gasteiger charge is 2.13. The summed E-state index contributed by atoms with van der Waals surface area (Å²) in [5.41, 5.74) is 0. The van der Waals surface area contributed by atoms with E-state index in [1.807, 2.05) is 0 Å². The van der Waals surface area contributed by atoms with E-state index < -0.39 is 0 Å². The molecule has 0 saturated heterocycles. The van der Waals surface area contributed by atoms with E-state index in [0.29, 0.717) is 0 Å². The van der Waals surface area contributed by atoms with Crippen LogP contribution in [0.15, 0.2) is 0 Å². The van der Waals surface area contributed by atoms with Crippen molar-refractivity contribution in [2.45, 2.75) is 91.9 Å². The van der Waals surface area contributed by atoms with Gasteiger partial charge in [0.15, 0.2) is 0 Å². The molecule has 0 aromatic carbocycles. The highest BCUT2D eigenvalue weighted by atomic mass is 14.2. The molecule has 98 valence electrons. The molecule has 0 aliphatic carbocycles. The first-order chi connectivity index (χ1) is 7.78. The first-order valence-electron chi connectivity index (χ1n) is 7.78. The van der Waals surface area contributed by atoms with Crippen molar-refractivity contribution < 1.29 is 0 Å². The van der Waals surface area contributed by atoms with E-state index in [1.54, 1.807) is 0 Å². The first-order valence-corrected chi connectivity index (χ1v) is 7.78. The van der Waals surface area contributed by atoms with Crippen LogP contribution in [0, 0.1) is 11.8 Å². The zero-order chi connectivity index (χ0) is 12.2. The molecule has 0 aromatic rings. The monoisotopic (exact) mass is 226 g/mol. The molecule has 0 fully saturated rings. The molecule has 0 aliphatic heterocycles. The van der Waals surface area contributed by atoms with Gasteiger partial charge in [-0.3, -0.25) is 0 Å². The maximum absolute atomic E-state index is 2.38. The number of rotatable bonds is 11. The molecule has 0 nitrogen and oxygen atoms in total. The van der Waals surface area contributed by atoms with Gasteiger partial charge >= 0.3 is 0 Å². The maximum Gasteiger partial charge on any atom is -0.0412 e. The van der Waals surface area contributed by atoms with Gasteiger partial charge in [0.05, 0.1) is 0 Å². The highest BCUT2D eigenvalue weighted by Crippen LogP contribution is 2.27. The summed E-state index contributed by atoms with van der Waals surface area (Å²) in [7, 11) is 0. The quantitative estimate of drug-likeness (QED) is 0.368. The first kappa shape index (κ1) is 16.0. The van der Waals surface area contributed by atoms with Crippen LogP contribution < -0.4 is 0 Å². The average molecular weight is 226 g/mol. The number of unbranched alkanes of at least 4 members (excludes halogenated alkanes) is 2. The predicted molar refractivity (Wildman–Crippen MR) is 75.8 cm³/mol. The van der Waals surface area contributed by atoms with Gasteiger partial charge < -0.3 is 0 Å². The molecular weight excluding hydrogens is 192 g/mol. The van der Waals surface area contributed by atoms with Crippen molar-refractivity contribution in [1.82, 2.24) is 0 Å². The van der Waals surface area contributed by atoms with E-state index in [1.165, 1.54) is 64.2 Å². The number of hydrogen-bond acceptors (Lipinski definition) is 0. The van der Waals surface area contributed by atoms with Gasteiger partial charge in [-0.2, -0.15) is 0 Å².